The molecule has 0 aromatic heterocycles. The molecule has 0 spiro atoms. The van der Waals surface area contributed by atoms with Gasteiger partial charge in [0.1, 0.15) is 0 Å². The van der Waals surface area contributed by atoms with E-state index in [-0.39, 0.29) is 0 Å². The van der Waals surface area contributed by atoms with Gasteiger partial charge in [-0.1, -0.05) is 6.92 Å². The smallest absolute Gasteiger partial charge is 0.0913 e. The third-order valence-corrected chi connectivity index (χ3v) is 1.08. The molecule has 0 aliphatic carbocycles. The van der Waals surface area contributed by atoms with Crippen molar-refractivity contribution in [3.8, 4) is 12.3 Å². The summed E-state index contributed by atoms with van der Waals surface area (Å²) in [6, 6.07) is 0. The standard InChI is InChI=1S/C6H8Cl/c1-3-5-6(7)4-2/h1H,4-5H2,2H3/q-1. The molecule has 0 saturated carbocycles. The molecule has 40 valence electrons. The molecule has 0 unspecified atom stereocenters. The molecule has 0 aromatic carbocycles. The number of hydrogen-bond acceptors (Lipinski definition) is 0. The summed E-state index contributed by atoms with van der Waals surface area (Å²) in [5, 5.41) is 0.863. The average molecular weight is 116 g/mol. The Bertz CT molecular complexity index is 70.7. The van der Waals surface area contributed by atoms with Gasteiger partial charge in [-0.25, -0.2) is 5.38 Å². The predicted octanol–water partition coefficient (Wildman–Crippen LogP) is 2.19. The Labute approximate surface area is 49.9 Å². The zero-order chi connectivity index (χ0) is 5.70. The summed E-state index contributed by atoms with van der Waals surface area (Å²) < 4.78 is 0. The molecule has 0 aromatic rings. The second-order valence-corrected chi connectivity index (χ2v) is 1.79. The van der Waals surface area contributed by atoms with Crippen molar-refractivity contribution < 1.29 is 0 Å². The zero-order valence-electron chi connectivity index (χ0n) is 4.37. The molecule has 0 N–H and O–H groups in total. The van der Waals surface area contributed by atoms with E-state index in [1.54, 1.807) is 0 Å². The molecular formula is C6H8Cl-. The van der Waals surface area contributed by atoms with Crippen LogP contribution in [0.15, 0.2) is 0 Å². The van der Waals surface area contributed by atoms with Crippen LogP contribution < -0.4 is 0 Å². The molecule has 0 saturated heterocycles. The van der Waals surface area contributed by atoms with Crippen LogP contribution in [-0.4, -0.2) is 0 Å². The number of halogens is 1. The molecule has 7 heavy (non-hydrogen) atoms. The maximum Gasteiger partial charge on any atom is -0.0913 e. The minimum Gasteiger partial charge on any atom is -0.345 e. The Hall–Kier alpha value is -0.150. The first-order valence-electron chi connectivity index (χ1n) is 2.25. The van der Waals surface area contributed by atoms with Crippen LogP contribution in [-0.2, 0) is 0 Å². The first-order chi connectivity index (χ1) is 3.31. The minimum atomic E-state index is 0.609. The highest BCUT2D eigenvalue weighted by Gasteiger charge is 1.76. The number of rotatable bonds is 2. The topological polar surface area (TPSA) is 0 Å². The van der Waals surface area contributed by atoms with Crippen LogP contribution in [0.2, 0.25) is 0 Å². The van der Waals surface area contributed by atoms with Crippen molar-refractivity contribution in [1.82, 2.24) is 0 Å². The summed E-state index contributed by atoms with van der Waals surface area (Å²) in [7, 11) is 0. The van der Waals surface area contributed by atoms with Crippen LogP contribution >= 0.6 is 11.6 Å². The summed E-state index contributed by atoms with van der Waals surface area (Å²) in [4.78, 5) is 0. The highest BCUT2D eigenvalue weighted by atomic mass is 35.5. The SMILES string of the molecule is C#CC[C-](Cl)CC. The number of hydrogen-bond donors (Lipinski definition) is 0. The predicted molar refractivity (Wildman–Crippen MR) is 32.8 cm³/mol. The van der Waals surface area contributed by atoms with Crippen LogP contribution in [0.25, 0.3) is 0 Å². The Kier molecular flexibility index (Phi) is 3.93. The maximum absolute atomic E-state index is 5.54. The molecule has 0 rings (SSSR count). The van der Waals surface area contributed by atoms with Gasteiger partial charge >= 0.3 is 0 Å². The van der Waals surface area contributed by atoms with Crippen molar-refractivity contribution >= 4 is 11.6 Å². The van der Waals surface area contributed by atoms with E-state index in [4.69, 9.17) is 18.0 Å². The van der Waals surface area contributed by atoms with E-state index in [2.05, 4.69) is 5.92 Å². The third kappa shape index (κ3) is 3.69. The van der Waals surface area contributed by atoms with Gasteiger partial charge in [0.15, 0.2) is 0 Å². The highest BCUT2D eigenvalue weighted by molar-refractivity contribution is 6.26. The van der Waals surface area contributed by atoms with Crippen LogP contribution in [0.3, 0.4) is 0 Å². The van der Waals surface area contributed by atoms with Crippen molar-refractivity contribution in [3.63, 3.8) is 0 Å². The van der Waals surface area contributed by atoms with Gasteiger partial charge in [-0.15, -0.1) is 18.8 Å². The molecule has 0 heterocycles. The second-order valence-electron chi connectivity index (χ2n) is 1.25. The normalized spacial score (nSPS) is 8.86. The summed E-state index contributed by atoms with van der Waals surface area (Å²) in [6.07, 6.45) is 6.44. The van der Waals surface area contributed by atoms with E-state index in [9.17, 15) is 0 Å². The van der Waals surface area contributed by atoms with Crippen molar-refractivity contribution in [2.45, 2.75) is 19.8 Å². The van der Waals surface area contributed by atoms with Crippen molar-refractivity contribution in [1.29, 1.82) is 0 Å². The molecule has 0 atom stereocenters. The first-order valence-corrected chi connectivity index (χ1v) is 2.62. The molecule has 0 fully saturated rings. The van der Waals surface area contributed by atoms with Crippen molar-refractivity contribution in [2.75, 3.05) is 0 Å². The summed E-state index contributed by atoms with van der Waals surface area (Å²) >= 11 is 5.54. The van der Waals surface area contributed by atoms with E-state index in [1.807, 2.05) is 6.92 Å². The van der Waals surface area contributed by atoms with Crippen LogP contribution in [0.4, 0.5) is 0 Å². The van der Waals surface area contributed by atoms with E-state index < -0.39 is 0 Å². The molecule has 0 bridgehead atoms. The monoisotopic (exact) mass is 115 g/mol. The fourth-order valence-corrected chi connectivity index (χ4v) is 0.313. The number of terminal acetylenes is 1. The fraction of sp³-hybridized carbons (Fsp3) is 0.500. The van der Waals surface area contributed by atoms with Crippen LogP contribution in [0, 0.1) is 17.7 Å². The molecule has 0 aliphatic heterocycles. The van der Waals surface area contributed by atoms with Gasteiger partial charge < -0.3 is 11.6 Å². The van der Waals surface area contributed by atoms with Gasteiger partial charge in [0.05, 0.1) is 0 Å². The molecular weight excluding hydrogens is 108 g/mol. The van der Waals surface area contributed by atoms with Gasteiger partial charge in [-0.2, -0.15) is 6.42 Å². The lowest BCUT2D eigenvalue weighted by molar-refractivity contribution is 0.993. The Balaban J connectivity index is 3.03. The van der Waals surface area contributed by atoms with Gasteiger partial charge in [0.2, 0.25) is 0 Å². The summed E-state index contributed by atoms with van der Waals surface area (Å²) in [6.45, 7) is 1.99. The van der Waals surface area contributed by atoms with E-state index in [0.29, 0.717) is 6.42 Å². The minimum absolute atomic E-state index is 0.609. The Morgan fingerprint density at radius 1 is 1.86 bits per heavy atom. The molecule has 1 heteroatoms. The highest BCUT2D eigenvalue weighted by Crippen LogP contribution is 2.13. The van der Waals surface area contributed by atoms with Gasteiger partial charge in [-0.3, -0.25) is 0 Å². The Morgan fingerprint density at radius 3 is 2.57 bits per heavy atom. The Morgan fingerprint density at radius 2 is 2.43 bits per heavy atom. The zero-order valence-corrected chi connectivity index (χ0v) is 5.13. The lowest BCUT2D eigenvalue weighted by Gasteiger charge is -2.13. The van der Waals surface area contributed by atoms with Crippen LogP contribution in [0.1, 0.15) is 19.8 Å². The van der Waals surface area contributed by atoms with Crippen molar-refractivity contribution in [3.05, 3.63) is 5.38 Å². The maximum atomic E-state index is 5.54. The third-order valence-electron chi connectivity index (χ3n) is 0.678. The molecule has 0 amide bonds. The molecule has 0 aliphatic rings. The quantitative estimate of drug-likeness (QED) is 0.382. The first kappa shape index (κ1) is 6.85. The fourth-order valence-electron chi connectivity index (χ4n) is 0.236. The van der Waals surface area contributed by atoms with E-state index in [0.717, 1.165) is 11.8 Å². The average Bonchev–Trinajstić information content (AvgIpc) is 1.68. The lowest BCUT2D eigenvalue weighted by Crippen LogP contribution is -1.79. The van der Waals surface area contributed by atoms with Gasteiger partial charge in [0, 0.05) is 0 Å². The van der Waals surface area contributed by atoms with E-state index in [1.165, 1.54) is 0 Å². The van der Waals surface area contributed by atoms with Gasteiger partial charge in [0.25, 0.3) is 0 Å². The largest absolute Gasteiger partial charge is 0.345 e. The van der Waals surface area contributed by atoms with E-state index >= 15 is 0 Å². The van der Waals surface area contributed by atoms with Crippen molar-refractivity contribution in [2.24, 2.45) is 0 Å². The lowest BCUT2D eigenvalue weighted by atomic mass is 10.2. The second kappa shape index (κ2) is 4.02. The summed E-state index contributed by atoms with van der Waals surface area (Å²) in [5.74, 6) is 2.45. The summed E-state index contributed by atoms with van der Waals surface area (Å²) in [5.41, 5.74) is 0. The molecule has 0 nitrogen and oxygen atoms in total. The van der Waals surface area contributed by atoms with Gasteiger partial charge in [-0.05, 0) is 0 Å². The molecule has 0 radical (unpaired) electrons. The van der Waals surface area contributed by atoms with Crippen LogP contribution in [0.5, 0.6) is 0 Å².